The molecule has 1 aliphatic rings. The van der Waals surface area contributed by atoms with Gasteiger partial charge in [0.2, 0.25) is 0 Å². The minimum absolute atomic E-state index is 0.0171. The number of rotatable bonds is 3. The monoisotopic (exact) mass is 270 g/mol. The predicted octanol–water partition coefficient (Wildman–Crippen LogP) is 3.84. The Balaban J connectivity index is 2.08. The van der Waals surface area contributed by atoms with Crippen LogP contribution in [0.15, 0.2) is 63.0 Å². The van der Waals surface area contributed by atoms with Gasteiger partial charge in [-0.15, -0.1) is 0 Å². The molecule has 0 radical (unpaired) electrons. The normalized spacial score (nSPS) is 19.1. The Morgan fingerprint density at radius 1 is 1.25 bits per heavy atom. The summed E-state index contributed by atoms with van der Waals surface area (Å²) in [6, 6.07) is 7.21. The highest BCUT2D eigenvalue weighted by Gasteiger charge is 2.31. The molecule has 1 aliphatic carbocycles. The zero-order valence-corrected chi connectivity index (χ0v) is 11.0. The lowest BCUT2D eigenvalue weighted by atomic mass is 9.82. The third-order valence-corrected chi connectivity index (χ3v) is 3.46. The number of hydrogen-bond acceptors (Lipinski definition) is 4. The van der Waals surface area contributed by atoms with E-state index in [0.717, 1.165) is 5.57 Å². The minimum atomic E-state index is -0.285. The molecule has 0 fully saturated rings. The molecule has 0 bridgehead atoms. The second-order valence-electron chi connectivity index (χ2n) is 4.77. The highest BCUT2D eigenvalue weighted by molar-refractivity contribution is 5.97. The van der Waals surface area contributed by atoms with Crippen molar-refractivity contribution in [3.05, 3.63) is 65.7 Å². The second-order valence-corrected chi connectivity index (χ2v) is 4.77. The predicted molar refractivity (Wildman–Crippen MR) is 73.1 cm³/mol. The highest BCUT2D eigenvalue weighted by atomic mass is 16.3. The number of Topliss-reactive ketones (excluding diaryl/α,β-unsaturated/α-hetero) is 1. The summed E-state index contributed by atoms with van der Waals surface area (Å²) in [6.45, 7) is 1.45. The molecular weight excluding hydrogens is 256 g/mol. The van der Waals surface area contributed by atoms with Crippen molar-refractivity contribution in [1.29, 1.82) is 0 Å². The Bertz CT molecular complexity index is 672. The van der Waals surface area contributed by atoms with E-state index in [1.165, 1.54) is 6.92 Å². The fourth-order valence-corrected chi connectivity index (χ4v) is 2.59. The number of carbonyl (C=O) groups excluding carboxylic acids is 1. The fraction of sp³-hybridized carbons (Fsp3) is 0.188. The Morgan fingerprint density at radius 2 is 2.00 bits per heavy atom. The summed E-state index contributed by atoms with van der Waals surface area (Å²) in [6.07, 6.45) is 5.29. The van der Waals surface area contributed by atoms with Crippen LogP contribution in [0.4, 0.5) is 0 Å². The van der Waals surface area contributed by atoms with Crippen LogP contribution in [-0.4, -0.2) is 10.9 Å². The molecule has 3 rings (SSSR count). The van der Waals surface area contributed by atoms with Gasteiger partial charge in [0.25, 0.3) is 0 Å². The number of hydrogen-bond donors (Lipinski definition) is 1. The molecule has 2 heterocycles. The van der Waals surface area contributed by atoms with Gasteiger partial charge >= 0.3 is 0 Å². The molecule has 102 valence electrons. The summed E-state index contributed by atoms with van der Waals surface area (Å²) < 4.78 is 10.8. The van der Waals surface area contributed by atoms with Gasteiger partial charge in [-0.1, -0.05) is 0 Å². The quantitative estimate of drug-likeness (QED) is 0.920. The number of carbonyl (C=O) groups is 1. The van der Waals surface area contributed by atoms with Crippen LogP contribution in [-0.2, 0) is 4.79 Å². The third-order valence-electron chi connectivity index (χ3n) is 3.46. The zero-order valence-electron chi connectivity index (χ0n) is 11.0. The van der Waals surface area contributed by atoms with Crippen molar-refractivity contribution in [2.24, 2.45) is 0 Å². The van der Waals surface area contributed by atoms with Gasteiger partial charge in [0.05, 0.1) is 18.4 Å². The summed E-state index contributed by atoms with van der Waals surface area (Å²) in [5, 5.41) is 10.2. The number of aliphatic hydroxyl groups is 1. The van der Waals surface area contributed by atoms with Gasteiger partial charge < -0.3 is 13.9 Å². The molecule has 20 heavy (non-hydrogen) atoms. The molecule has 0 spiro atoms. The van der Waals surface area contributed by atoms with Gasteiger partial charge in [-0.2, -0.15) is 0 Å². The van der Waals surface area contributed by atoms with Crippen molar-refractivity contribution in [2.45, 2.75) is 19.3 Å². The van der Waals surface area contributed by atoms with Gasteiger partial charge in [-0.05, 0) is 49.3 Å². The van der Waals surface area contributed by atoms with Crippen molar-refractivity contribution in [3.63, 3.8) is 0 Å². The van der Waals surface area contributed by atoms with Crippen LogP contribution in [0.3, 0.4) is 0 Å². The SMILES string of the molecule is CC(=O)C1=C(O)C=C(c2ccco2)C[C@H]1c1ccco1. The minimum Gasteiger partial charge on any atom is -0.508 e. The van der Waals surface area contributed by atoms with E-state index >= 15 is 0 Å². The van der Waals surface area contributed by atoms with E-state index in [9.17, 15) is 9.90 Å². The Kier molecular flexibility index (Phi) is 3.06. The van der Waals surface area contributed by atoms with E-state index in [1.807, 2.05) is 12.1 Å². The van der Waals surface area contributed by atoms with Crippen LogP contribution in [0.2, 0.25) is 0 Å². The molecule has 4 heteroatoms. The lowest BCUT2D eigenvalue weighted by molar-refractivity contribution is -0.114. The van der Waals surface area contributed by atoms with Crippen LogP contribution in [0.5, 0.6) is 0 Å². The van der Waals surface area contributed by atoms with E-state index in [4.69, 9.17) is 8.83 Å². The first-order valence-electron chi connectivity index (χ1n) is 6.38. The molecule has 4 nitrogen and oxygen atoms in total. The average Bonchev–Trinajstić information content (AvgIpc) is 3.11. The van der Waals surface area contributed by atoms with Gasteiger partial charge in [-0.3, -0.25) is 4.79 Å². The Hall–Kier alpha value is -2.49. The van der Waals surface area contributed by atoms with E-state index < -0.39 is 0 Å². The smallest absolute Gasteiger partial charge is 0.160 e. The molecule has 1 N–H and O–H groups in total. The van der Waals surface area contributed by atoms with Crippen molar-refractivity contribution in [3.8, 4) is 0 Å². The number of allylic oxidation sites excluding steroid dienone is 3. The molecule has 0 saturated heterocycles. The first-order valence-corrected chi connectivity index (χ1v) is 6.38. The molecule has 2 aromatic heterocycles. The van der Waals surface area contributed by atoms with E-state index in [-0.39, 0.29) is 17.5 Å². The third kappa shape index (κ3) is 2.09. The van der Waals surface area contributed by atoms with Gasteiger partial charge in [0.15, 0.2) is 5.78 Å². The second kappa shape index (κ2) is 4.89. The largest absolute Gasteiger partial charge is 0.508 e. The number of furan rings is 2. The lowest BCUT2D eigenvalue weighted by Crippen LogP contribution is -2.15. The highest BCUT2D eigenvalue weighted by Crippen LogP contribution is 2.40. The van der Waals surface area contributed by atoms with Crippen LogP contribution < -0.4 is 0 Å². The van der Waals surface area contributed by atoms with E-state index in [0.29, 0.717) is 23.5 Å². The van der Waals surface area contributed by atoms with Gasteiger partial charge in [0, 0.05) is 5.57 Å². The number of ketones is 1. The van der Waals surface area contributed by atoms with Gasteiger partial charge in [-0.25, -0.2) is 0 Å². The molecule has 1 atom stereocenters. The van der Waals surface area contributed by atoms with Crippen LogP contribution in [0.1, 0.15) is 30.8 Å². The Morgan fingerprint density at radius 3 is 2.60 bits per heavy atom. The maximum absolute atomic E-state index is 11.8. The van der Waals surface area contributed by atoms with Crippen molar-refractivity contribution in [1.82, 2.24) is 0 Å². The van der Waals surface area contributed by atoms with Gasteiger partial charge in [0.1, 0.15) is 17.3 Å². The molecule has 2 aromatic rings. The fourth-order valence-electron chi connectivity index (χ4n) is 2.59. The maximum atomic E-state index is 11.8. The van der Waals surface area contributed by atoms with Crippen molar-refractivity contribution >= 4 is 11.4 Å². The summed E-state index contributed by atoms with van der Waals surface area (Å²) in [4.78, 5) is 11.8. The molecule has 0 aliphatic heterocycles. The average molecular weight is 270 g/mol. The maximum Gasteiger partial charge on any atom is 0.160 e. The molecule has 0 saturated carbocycles. The van der Waals surface area contributed by atoms with Crippen LogP contribution >= 0.6 is 0 Å². The summed E-state index contributed by atoms with van der Waals surface area (Å²) >= 11 is 0. The van der Waals surface area contributed by atoms with E-state index in [1.54, 1.807) is 30.7 Å². The van der Waals surface area contributed by atoms with E-state index in [2.05, 4.69) is 0 Å². The summed E-state index contributed by atoms with van der Waals surface area (Å²) in [7, 11) is 0. The van der Waals surface area contributed by atoms with Crippen molar-refractivity contribution < 1.29 is 18.7 Å². The summed E-state index contributed by atoms with van der Waals surface area (Å²) in [5.74, 6) is 0.900. The lowest BCUT2D eigenvalue weighted by Gasteiger charge is -2.22. The first-order chi connectivity index (χ1) is 9.66. The molecule has 0 amide bonds. The first kappa shape index (κ1) is 12.5. The molecule has 0 aromatic carbocycles. The molecule has 0 unspecified atom stereocenters. The standard InChI is InChI=1S/C16H14O4/c1-10(17)16-12(15-5-3-7-20-15)8-11(9-13(16)18)14-4-2-6-19-14/h2-7,9,12,18H,8H2,1H3/t12-/m0/s1. The van der Waals surface area contributed by atoms with Crippen LogP contribution in [0.25, 0.3) is 5.57 Å². The molecular formula is C16H14O4. The topological polar surface area (TPSA) is 63.6 Å². The van der Waals surface area contributed by atoms with Crippen molar-refractivity contribution in [2.75, 3.05) is 0 Å². The number of aliphatic hydroxyl groups excluding tert-OH is 1. The van der Waals surface area contributed by atoms with Crippen LogP contribution in [0, 0.1) is 0 Å². The summed E-state index contributed by atoms with van der Waals surface area (Å²) in [5.41, 5.74) is 1.23. The zero-order chi connectivity index (χ0) is 14.1. The Labute approximate surface area is 116 Å².